The first-order valence-electron chi connectivity index (χ1n) is 6.82. The first kappa shape index (κ1) is 15.0. The van der Waals surface area contributed by atoms with Crippen molar-refractivity contribution in [3.05, 3.63) is 42.0 Å². The number of anilines is 2. The largest absolute Gasteiger partial charge is 0.497 e. The summed E-state index contributed by atoms with van der Waals surface area (Å²) in [4.78, 5) is 0. The van der Waals surface area contributed by atoms with E-state index in [1.165, 1.54) is 0 Å². The monoisotopic (exact) mass is 286 g/mol. The Bertz CT molecular complexity index is 646. The van der Waals surface area contributed by atoms with Crippen molar-refractivity contribution in [3.8, 4) is 17.2 Å². The van der Waals surface area contributed by atoms with E-state index in [-0.39, 0.29) is 5.41 Å². The van der Waals surface area contributed by atoms with Gasteiger partial charge in [0.05, 0.1) is 18.5 Å². The second-order valence-electron chi connectivity index (χ2n) is 6.00. The van der Waals surface area contributed by atoms with E-state index in [0.29, 0.717) is 17.1 Å². The van der Waals surface area contributed by atoms with Crippen molar-refractivity contribution < 1.29 is 9.47 Å². The van der Waals surface area contributed by atoms with Crippen molar-refractivity contribution in [2.75, 3.05) is 18.6 Å². The molecule has 0 unspecified atom stereocenters. The van der Waals surface area contributed by atoms with E-state index < -0.39 is 0 Å². The van der Waals surface area contributed by atoms with E-state index in [4.69, 9.17) is 20.9 Å². The topological polar surface area (TPSA) is 70.5 Å². The van der Waals surface area contributed by atoms with Gasteiger partial charge in [0, 0.05) is 11.6 Å². The number of nitrogen functional groups attached to an aromatic ring is 2. The molecule has 2 aromatic rings. The summed E-state index contributed by atoms with van der Waals surface area (Å²) in [5, 5.41) is 0. The van der Waals surface area contributed by atoms with Crippen molar-refractivity contribution in [1.29, 1.82) is 0 Å². The van der Waals surface area contributed by atoms with Gasteiger partial charge in [-0.1, -0.05) is 20.8 Å². The van der Waals surface area contributed by atoms with Gasteiger partial charge in [0.15, 0.2) is 0 Å². The number of nitrogens with two attached hydrogens (primary N) is 2. The summed E-state index contributed by atoms with van der Waals surface area (Å²) in [6.07, 6.45) is 0. The predicted molar refractivity (Wildman–Crippen MR) is 87.0 cm³/mol. The summed E-state index contributed by atoms with van der Waals surface area (Å²) >= 11 is 0. The first-order valence-corrected chi connectivity index (χ1v) is 6.82. The second kappa shape index (κ2) is 5.56. The Morgan fingerprint density at radius 3 is 2.10 bits per heavy atom. The molecule has 0 fully saturated rings. The fourth-order valence-electron chi connectivity index (χ4n) is 2.05. The standard InChI is InChI=1S/C17H22N2O2/c1-17(2,3)13-9-11(20-4)6-8-16(13)21-12-5-7-14(18)15(19)10-12/h5-10H,18-19H2,1-4H3. The maximum atomic E-state index is 5.98. The highest BCUT2D eigenvalue weighted by molar-refractivity contribution is 5.65. The lowest BCUT2D eigenvalue weighted by Gasteiger charge is -2.23. The third kappa shape index (κ3) is 3.40. The van der Waals surface area contributed by atoms with Gasteiger partial charge < -0.3 is 20.9 Å². The molecular weight excluding hydrogens is 264 g/mol. The van der Waals surface area contributed by atoms with Gasteiger partial charge in [-0.2, -0.15) is 0 Å². The van der Waals surface area contributed by atoms with Gasteiger partial charge in [0.25, 0.3) is 0 Å². The second-order valence-corrected chi connectivity index (χ2v) is 6.00. The molecule has 112 valence electrons. The molecule has 4 N–H and O–H groups in total. The van der Waals surface area contributed by atoms with Gasteiger partial charge in [-0.05, 0) is 35.7 Å². The highest BCUT2D eigenvalue weighted by Crippen LogP contribution is 2.37. The molecule has 0 aliphatic rings. The van der Waals surface area contributed by atoms with E-state index in [1.54, 1.807) is 19.2 Å². The number of hydrogen-bond donors (Lipinski definition) is 2. The average molecular weight is 286 g/mol. The highest BCUT2D eigenvalue weighted by atomic mass is 16.5. The quantitative estimate of drug-likeness (QED) is 0.838. The van der Waals surface area contributed by atoms with Crippen LogP contribution in [-0.2, 0) is 5.41 Å². The third-order valence-electron chi connectivity index (χ3n) is 3.28. The van der Waals surface area contributed by atoms with Crippen LogP contribution < -0.4 is 20.9 Å². The van der Waals surface area contributed by atoms with E-state index in [0.717, 1.165) is 17.1 Å². The molecule has 0 spiro atoms. The third-order valence-corrected chi connectivity index (χ3v) is 3.28. The minimum Gasteiger partial charge on any atom is -0.497 e. The zero-order valence-electron chi connectivity index (χ0n) is 12.9. The molecule has 2 aromatic carbocycles. The predicted octanol–water partition coefficient (Wildman–Crippen LogP) is 3.95. The van der Waals surface area contributed by atoms with E-state index >= 15 is 0 Å². The number of rotatable bonds is 3. The maximum Gasteiger partial charge on any atom is 0.131 e. The van der Waals surface area contributed by atoms with Crippen molar-refractivity contribution >= 4 is 11.4 Å². The van der Waals surface area contributed by atoms with Gasteiger partial charge in [0.2, 0.25) is 0 Å². The Morgan fingerprint density at radius 2 is 1.52 bits per heavy atom. The highest BCUT2D eigenvalue weighted by Gasteiger charge is 2.20. The molecule has 21 heavy (non-hydrogen) atoms. The fourth-order valence-corrected chi connectivity index (χ4v) is 2.05. The molecule has 0 saturated carbocycles. The molecule has 0 aliphatic carbocycles. The number of methoxy groups -OCH3 is 1. The van der Waals surface area contributed by atoms with Crippen molar-refractivity contribution in [3.63, 3.8) is 0 Å². The van der Waals surface area contributed by atoms with Crippen LogP contribution in [0.3, 0.4) is 0 Å². The Labute approximate surface area is 125 Å². The van der Waals surface area contributed by atoms with Crippen LogP contribution in [0.5, 0.6) is 17.2 Å². The number of benzene rings is 2. The maximum absolute atomic E-state index is 5.98. The first-order chi connectivity index (χ1) is 9.81. The van der Waals surface area contributed by atoms with Crippen LogP contribution in [0.25, 0.3) is 0 Å². The Balaban J connectivity index is 2.41. The minimum atomic E-state index is -0.0662. The Kier molecular flexibility index (Phi) is 3.98. The fraction of sp³-hybridized carbons (Fsp3) is 0.294. The van der Waals surface area contributed by atoms with Crippen LogP contribution in [0, 0.1) is 0 Å². The van der Waals surface area contributed by atoms with Crippen molar-refractivity contribution in [1.82, 2.24) is 0 Å². The average Bonchev–Trinajstić information content (AvgIpc) is 2.42. The molecule has 2 rings (SSSR count). The van der Waals surface area contributed by atoms with Crippen LogP contribution in [0.4, 0.5) is 11.4 Å². The lowest BCUT2D eigenvalue weighted by molar-refractivity contribution is 0.407. The smallest absolute Gasteiger partial charge is 0.131 e. The molecular formula is C17H22N2O2. The lowest BCUT2D eigenvalue weighted by atomic mass is 9.86. The molecule has 0 radical (unpaired) electrons. The van der Waals surface area contributed by atoms with Gasteiger partial charge in [0.1, 0.15) is 17.2 Å². The van der Waals surface area contributed by atoms with E-state index in [1.807, 2.05) is 24.3 Å². The Morgan fingerprint density at radius 1 is 0.857 bits per heavy atom. The summed E-state index contributed by atoms with van der Waals surface area (Å²) < 4.78 is 11.3. The zero-order valence-corrected chi connectivity index (χ0v) is 12.9. The molecule has 0 bridgehead atoms. The summed E-state index contributed by atoms with van der Waals surface area (Å²) in [6.45, 7) is 6.39. The molecule has 0 aromatic heterocycles. The summed E-state index contributed by atoms with van der Waals surface area (Å²) in [6, 6.07) is 11.1. The van der Waals surface area contributed by atoms with Gasteiger partial charge >= 0.3 is 0 Å². The van der Waals surface area contributed by atoms with Gasteiger partial charge in [-0.15, -0.1) is 0 Å². The number of hydrogen-bond acceptors (Lipinski definition) is 4. The van der Waals surface area contributed by atoms with Crippen LogP contribution in [0.1, 0.15) is 26.3 Å². The van der Waals surface area contributed by atoms with Crippen molar-refractivity contribution in [2.24, 2.45) is 0 Å². The normalized spacial score (nSPS) is 11.2. The molecule has 0 saturated heterocycles. The summed E-state index contributed by atoms with van der Waals surface area (Å²) in [7, 11) is 1.66. The van der Waals surface area contributed by atoms with Gasteiger partial charge in [-0.3, -0.25) is 0 Å². The SMILES string of the molecule is COc1ccc(Oc2ccc(N)c(N)c2)c(C(C)(C)C)c1. The summed E-state index contributed by atoms with van der Waals surface area (Å²) in [5.41, 5.74) is 13.6. The zero-order chi connectivity index (χ0) is 15.6. The molecule has 0 heterocycles. The molecule has 0 amide bonds. The molecule has 0 aliphatic heterocycles. The number of ether oxygens (including phenoxy) is 2. The molecule has 4 heteroatoms. The van der Waals surface area contributed by atoms with Crippen molar-refractivity contribution in [2.45, 2.75) is 26.2 Å². The van der Waals surface area contributed by atoms with E-state index in [2.05, 4.69) is 20.8 Å². The molecule has 4 nitrogen and oxygen atoms in total. The molecule has 0 atom stereocenters. The van der Waals surface area contributed by atoms with Crippen LogP contribution in [-0.4, -0.2) is 7.11 Å². The van der Waals surface area contributed by atoms with Crippen LogP contribution >= 0.6 is 0 Å². The van der Waals surface area contributed by atoms with Crippen LogP contribution in [0.2, 0.25) is 0 Å². The van der Waals surface area contributed by atoms with E-state index in [9.17, 15) is 0 Å². The lowest BCUT2D eigenvalue weighted by Crippen LogP contribution is -2.12. The minimum absolute atomic E-state index is 0.0662. The Hall–Kier alpha value is -2.36. The summed E-state index contributed by atoms with van der Waals surface area (Å²) in [5.74, 6) is 2.26. The van der Waals surface area contributed by atoms with Crippen LogP contribution in [0.15, 0.2) is 36.4 Å². The van der Waals surface area contributed by atoms with Gasteiger partial charge in [-0.25, -0.2) is 0 Å².